The summed E-state index contributed by atoms with van der Waals surface area (Å²) in [6.45, 7) is -0.0772. The van der Waals surface area contributed by atoms with Crippen LogP contribution in [0.1, 0.15) is 6.42 Å². The summed E-state index contributed by atoms with van der Waals surface area (Å²) in [5, 5.41) is 8.63. The normalized spacial score (nSPS) is 11.9. The van der Waals surface area contributed by atoms with Gasteiger partial charge in [0.2, 0.25) is 0 Å². The minimum absolute atomic E-state index is 0.0513. The van der Waals surface area contributed by atoms with Crippen LogP contribution < -0.4 is 4.72 Å². The molecule has 1 rings (SSSR count). The minimum atomic E-state index is -3.95. The van der Waals surface area contributed by atoms with E-state index >= 15 is 0 Å². The Morgan fingerprint density at radius 2 is 2.00 bits per heavy atom. The summed E-state index contributed by atoms with van der Waals surface area (Å²) in [6.07, 6.45) is 0.257. The molecule has 0 amide bonds. The van der Waals surface area contributed by atoms with Crippen LogP contribution in [0.3, 0.4) is 0 Å². The summed E-state index contributed by atoms with van der Waals surface area (Å²) in [7, 11) is -2.66. The second-order valence-electron chi connectivity index (χ2n) is 3.75. The molecule has 0 saturated carbocycles. The summed E-state index contributed by atoms with van der Waals surface area (Å²) in [6, 6.07) is 1.58. The monoisotopic (exact) mass is 358 g/mol. The molecule has 0 saturated heterocycles. The topological polar surface area (TPSA) is 69.6 Å². The van der Waals surface area contributed by atoms with Gasteiger partial charge in [-0.05, 0) is 28.4 Å². The summed E-state index contributed by atoms with van der Waals surface area (Å²) < 4.78 is 53.0. The van der Waals surface area contributed by atoms with E-state index in [1.165, 1.54) is 7.05 Å². The van der Waals surface area contributed by atoms with E-state index in [1.54, 1.807) is 0 Å². The number of anilines is 1. The molecule has 2 N–H and O–H groups in total. The maximum Gasteiger partial charge on any atom is 0.301 e. The number of aliphatic hydroxyl groups excluding tert-OH is 1. The molecule has 0 aliphatic carbocycles. The first-order chi connectivity index (χ1) is 8.77. The van der Waals surface area contributed by atoms with Gasteiger partial charge in [0, 0.05) is 26.3 Å². The number of nitrogens with zero attached hydrogens (tertiary/aromatic N) is 1. The minimum Gasteiger partial charge on any atom is -0.396 e. The third-order valence-electron chi connectivity index (χ3n) is 2.29. The number of hydrogen-bond donors (Lipinski definition) is 2. The Balaban J connectivity index is 2.92. The van der Waals surface area contributed by atoms with E-state index < -0.39 is 21.8 Å². The molecule has 1 aromatic rings. The van der Waals surface area contributed by atoms with Crippen LogP contribution in [0.5, 0.6) is 0 Å². The highest BCUT2D eigenvalue weighted by Gasteiger charge is 2.19. The summed E-state index contributed by atoms with van der Waals surface area (Å²) in [5.74, 6) is -1.84. The number of hydrogen-bond acceptors (Lipinski definition) is 3. The van der Waals surface area contributed by atoms with Gasteiger partial charge in [0.25, 0.3) is 0 Å². The van der Waals surface area contributed by atoms with E-state index in [0.717, 1.165) is 10.4 Å². The van der Waals surface area contributed by atoms with E-state index in [-0.39, 0.29) is 29.7 Å². The Hall–Kier alpha value is -0.770. The average Bonchev–Trinajstić information content (AvgIpc) is 2.32. The maximum absolute atomic E-state index is 13.4. The van der Waals surface area contributed by atoms with Crippen LogP contribution in [0.25, 0.3) is 0 Å². The van der Waals surface area contributed by atoms with Crippen molar-refractivity contribution in [2.24, 2.45) is 0 Å². The van der Waals surface area contributed by atoms with Gasteiger partial charge in [0.15, 0.2) is 0 Å². The van der Waals surface area contributed by atoms with E-state index in [2.05, 4.69) is 15.9 Å². The first-order valence-electron chi connectivity index (χ1n) is 5.27. The fourth-order valence-electron chi connectivity index (χ4n) is 1.23. The lowest BCUT2D eigenvalue weighted by Gasteiger charge is -2.18. The van der Waals surface area contributed by atoms with Crippen molar-refractivity contribution in [1.82, 2.24) is 4.31 Å². The second kappa shape index (κ2) is 6.60. The van der Waals surface area contributed by atoms with Crippen molar-refractivity contribution in [3.63, 3.8) is 0 Å². The first kappa shape index (κ1) is 16.3. The molecule has 0 aromatic heterocycles. The lowest BCUT2D eigenvalue weighted by Crippen LogP contribution is -2.33. The molecule has 1 aromatic carbocycles. The number of aliphatic hydroxyl groups is 1. The second-order valence-corrected chi connectivity index (χ2v) is 6.38. The van der Waals surface area contributed by atoms with Crippen LogP contribution in [0, 0.1) is 11.6 Å². The Labute approximate surface area is 118 Å². The lowest BCUT2D eigenvalue weighted by atomic mass is 10.3. The number of benzene rings is 1. The molecule has 0 spiro atoms. The van der Waals surface area contributed by atoms with Crippen LogP contribution in [-0.4, -0.2) is 38.0 Å². The van der Waals surface area contributed by atoms with Crippen molar-refractivity contribution in [3.8, 4) is 0 Å². The molecular weight excluding hydrogens is 346 g/mol. The van der Waals surface area contributed by atoms with Crippen molar-refractivity contribution in [3.05, 3.63) is 28.2 Å². The van der Waals surface area contributed by atoms with Gasteiger partial charge in [-0.1, -0.05) is 0 Å². The predicted octanol–water partition coefficient (Wildman–Crippen LogP) is 1.70. The highest BCUT2D eigenvalue weighted by atomic mass is 79.9. The Morgan fingerprint density at radius 3 is 2.58 bits per heavy atom. The molecule has 0 aliphatic heterocycles. The number of nitrogens with one attached hydrogen (secondary N) is 1. The van der Waals surface area contributed by atoms with Gasteiger partial charge < -0.3 is 5.11 Å². The van der Waals surface area contributed by atoms with Crippen LogP contribution in [-0.2, 0) is 10.2 Å². The third kappa shape index (κ3) is 4.37. The van der Waals surface area contributed by atoms with Crippen molar-refractivity contribution < 1.29 is 22.3 Å². The van der Waals surface area contributed by atoms with Crippen molar-refractivity contribution in [2.45, 2.75) is 6.42 Å². The highest BCUT2D eigenvalue weighted by Crippen LogP contribution is 2.24. The van der Waals surface area contributed by atoms with Crippen LogP contribution in [0.15, 0.2) is 16.6 Å². The quantitative estimate of drug-likeness (QED) is 0.760. The van der Waals surface area contributed by atoms with E-state index in [4.69, 9.17) is 5.11 Å². The predicted molar refractivity (Wildman–Crippen MR) is 70.9 cm³/mol. The van der Waals surface area contributed by atoms with Gasteiger partial charge in [-0.2, -0.15) is 12.7 Å². The molecule has 0 unspecified atom stereocenters. The maximum atomic E-state index is 13.4. The fourth-order valence-corrected chi connectivity index (χ4v) is 2.53. The van der Waals surface area contributed by atoms with Crippen molar-refractivity contribution in [2.75, 3.05) is 24.9 Å². The van der Waals surface area contributed by atoms with Gasteiger partial charge in [-0.15, -0.1) is 0 Å². The molecule has 0 radical (unpaired) electrons. The Morgan fingerprint density at radius 1 is 1.37 bits per heavy atom. The molecule has 0 heterocycles. The first-order valence-corrected chi connectivity index (χ1v) is 7.50. The molecule has 108 valence electrons. The lowest BCUT2D eigenvalue weighted by molar-refractivity contribution is 0.276. The number of halogens is 3. The van der Waals surface area contributed by atoms with Crippen LogP contribution in [0.2, 0.25) is 0 Å². The molecule has 0 fully saturated rings. The van der Waals surface area contributed by atoms with Crippen LogP contribution in [0.4, 0.5) is 14.5 Å². The third-order valence-corrected chi connectivity index (χ3v) is 4.38. The standard InChI is InChI=1S/C10H13BrF2N2O3S/c1-15(3-2-4-16)19(17,18)14-10-5-7(11)8(12)6-9(10)13/h5-6,14,16H,2-4H2,1H3. The highest BCUT2D eigenvalue weighted by molar-refractivity contribution is 9.10. The van der Waals surface area contributed by atoms with Crippen molar-refractivity contribution >= 4 is 31.8 Å². The SMILES string of the molecule is CN(CCCO)S(=O)(=O)Nc1cc(Br)c(F)cc1F. The smallest absolute Gasteiger partial charge is 0.301 e. The van der Waals surface area contributed by atoms with Gasteiger partial charge in [-0.3, -0.25) is 4.72 Å². The molecule has 0 bridgehead atoms. The Kier molecular flexibility index (Phi) is 5.65. The average molecular weight is 359 g/mol. The fraction of sp³-hybridized carbons (Fsp3) is 0.400. The van der Waals surface area contributed by atoms with E-state index in [1.807, 2.05) is 4.72 Å². The molecular formula is C10H13BrF2N2O3S. The largest absolute Gasteiger partial charge is 0.396 e. The molecule has 0 aliphatic rings. The van der Waals surface area contributed by atoms with Gasteiger partial charge in [0.05, 0.1) is 10.2 Å². The molecule has 19 heavy (non-hydrogen) atoms. The van der Waals surface area contributed by atoms with Crippen LogP contribution >= 0.6 is 15.9 Å². The Bertz CT molecular complexity index is 554. The van der Waals surface area contributed by atoms with Gasteiger partial charge in [-0.25, -0.2) is 8.78 Å². The van der Waals surface area contributed by atoms with Crippen molar-refractivity contribution in [1.29, 1.82) is 0 Å². The number of rotatable bonds is 6. The zero-order valence-corrected chi connectivity index (χ0v) is 12.4. The van der Waals surface area contributed by atoms with E-state index in [0.29, 0.717) is 6.07 Å². The summed E-state index contributed by atoms with van der Waals surface area (Å²) in [4.78, 5) is 0. The van der Waals surface area contributed by atoms with Gasteiger partial charge >= 0.3 is 10.2 Å². The van der Waals surface area contributed by atoms with Gasteiger partial charge in [0.1, 0.15) is 11.6 Å². The van der Waals surface area contributed by atoms with E-state index in [9.17, 15) is 17.2 Å². The molecule has 9 heteroatoms. The molecule has 5 nitrogen and oxygen atoms in total. The zero-order chi connectivity index (χ0) is 14.6. The zero-order valence-electron chi connectivity index (χ0n) is 10.0. The summed E-state index contributed by atoms with van der Waals surface area (Å²) >= 11 is 2.84. The molecule has 0 atom stereocenters. The summed E-state index contributed by atoms with van der Waals surface area (Å²) in [5.41, 5.74) is -0.357.